The van der Waals surface area contributed by atoms with Crippen LogP contribution in [-0.4, -0.2) is 35.4 Å². The molecule has 1 aromatic heterocycles. The van der Waals surface area contributed by atoms with Crippen LogP contribution in [0.15, 0.2) is 30.0 Å². The monoisotopic (exact) mass is 329 g/mol. The number of allylic oxidation sites excluding steroid dienone is 1. The molecule has 0 fully saturated rings. The first-order valence-electron chi connectivity index (χ1n) is 9.41. The number of hydrogen-bond acceptors (Lipinski definition) is 3. The largest absolute Gasteiger partial charge is 0.383 e. The Labute approximate surface area is 146 Å². The minimum Gasteiger partial charge on any atom is -0.383 e. The van der Waals surface area contributed by atoms with E-state index in [9.17, 15) is 4.79 Å². The van der Waals surface area contributed by atoms with E-state index in [2.05, 4.69) is 30.2 Å². The van der Waals surface area contributed by atoms with Crippen molar-refractivity contribution in [2.24, 2.45) is 0 Å². The highest BCUT2D eigenvalue weighted by molar-refractivity contribution is 5.92. The second-order valence-corrected chi connectivity index (χ2v) is 6.51. The van der Waals surface area contributed by atoms with Crippen molar-refractivity contribution in [3.8, 4) is 0 Å². The molecule has 2 rings (SSSR count). The molecule has 1 aliphatic rings. The normalized spacial score (nSPS) is 14.2. The molecular weight excluding hydrogens is 298 g/mol. The van der Waals surface area contributed by atoms with Crippen LogP contribution in [0.1, 0.15) is 69.3 Å². The maximum Gasteiger partial charge on any atom is 0.272 e. The lowest BCUT2D eigenvalue weighted by molar-refractivity contribution is 0.0749. The number of pyridine rings is 1. The first kappa shape index (κ1) is 18.5. The Kier molecular flexibility index (Phi) is 7.80. The molecule has 1 aromatic rings. The predicted molar refractivity (Wildman–Crippen MR) is 100 cm³/mol. The molecule has 0 saturated heterocycles. The molecular formula is C20H31N3O. The van der Waals surface area contributed by atoms with Crippen LogP contribution < -0.4 is 5.32 Å². The standard InChI is InChI=1S/C20H31N3O/c1-3-14-23(15-4-2)20(24)19-11-10-18(16-22-19)21-13-12-17-8-6-5-7-9-17/h8,10-11,16,21H,3-7,9,12-15H2,1-2H3. The Bertz CT molecular complexity index is 530. The van der Waals surface area contributed by atoms with E-state index in [1.165, 1.54) is 25.7 Å². The van der Waals surface area contributed by atoms with E-state index >= 15 is 0 Å². The van der Waals surface area contributed by atoms with Crippen LogP contribution in [0.3, 0.4) is 0 Å². The Morgan fingerprint density at radius 2 is 2.00 bits per heavy atom. The number of amides is 1. The van der Waals surface area contributed by atoms with Gasteiger partial charge in [-0.2, -0.15) is 0 Å². The summed E-state index contributed by atoms with van der Waals surface area (Å²) >= 11 is 0. The van der Waals surface area contributed by atoms with Gasteiger partial charge in [-0.15, -0.1) is 0 Å². The third-order valence-corrected chi connectivity index (χ3v) is 4.42. The Morgan fingerprint density at radius 3 is 2.58 bits per heavy atom. The van der Waals surface area contributed by atoms with Gasteiger partial charge >= 0.3 is 0 Å². The van der Waals surface area contributed by atoms with Crippen LogP contribution in [0, 0.1) is 0 Å². The fourth-order valence-corrected chi connectivity index (χ4v) is 3.14. The summed E-state index contributed by atoms with van der Waals surface area (Å²) < 4.78 is 0. The Morgan fingerprint density at radius 1 is 1.21 bits per heavy atom. The number of carbonyl (C=O) groups is 1. The minimum absolute atomic E-state index is 0.0395. The van der Waals surface area contributed by atoms with E-state index in [1.54, 1.807) is 11.8 Å². The van der Waals surface area contributed by atoms with Crippen LogP contribution >= 0.6 is 0 Å². The highest BCUT2D eigenvalue weighted by atomic mass is 16.2. The second kappa shape index (κ2) is 10.1. The SMILES string of the molecule is CCCN(CCC)C(=O)c1ccc(NCCC2=CCCCC2)cn1. The van der Waals surface area contributed by atoms with E-state index in [0.717, 1.165) is 44.6 Å². The first-order valence-corrected chi connectivity index (χ1v) is 9.41. The lowest BCUT2D eigenvalue weighted by Gasteiger charge is -2.21. The molecule has 0 radical (unpaired) electrons. The molecule has 1 aliphatic carbocycles. The van der Waals surface area contributed by atoms with Gasteiger partial charge in [-0.25, -0.2) is 4.98 Å². The van der Waals surface area contributed by atoms with Crippen molar-refractivity contribution in [1.29, 1.82) is 0 Å². The molecule has 0 bridgehead atoms. The van der Waals surface area contributed by atoms with Gasteiger partial charge in [-0.05, 0) is 57.1 Å². The number of carbonyl (C=O) groups excluding carboxylic acids is 1. The van der Waals surface area contributed by atoms with Crippen LogP contribution in [0.25, 0.3) is 0 Å². The van der Waals surface area contributed by atoms with Gasteiger partial charge in [0, 0.05) is 19.6 Å². The molecule has 1 N–H and O–H groups in total. The third kappa shape index (κ3) is 5.66. The second-order valence-electron chi connectivity index (χ2n) is 6.51. The fourth-order valence-electron chi connectivity index (χ4n) is 3.14. The molecule has 0 aromatic carbocycles. The number of nitrogens with zero attached hydrogens (tertiary/aromatic N) is 2. The van der Waals surface area contributed by atoms with E-state index in [0.29, 0.717) is 5.69 Å². The van der Waals surface area contributed by atoms with E-state index in [1.807, 2.05) is 17.0 Å². The van der Waals surface area contributed by atoms with Gasteiger partial charge in [0.05, 0.1) is 11.9 Å². The minimum atomic E-state index is 0.0395. The maximum atomic E-state index is 12.5. The first-order chi connectivity index (χ1) is 11.7. The molecule has 0 atom stereocenters. The topological polar surface area (TPSA) is 45.2 Å². The number of aromatic nitrogens is 1. The highest BCUT2D eigenvalue weighted by Crippen LogP contribution is 2.20. The molecule has 0 saturated carbocycles. The predicted octanol–water partition coefficient (Wildman–Crippen LogP) is 4.65. The average Bonchev–Trinajstić information content (AvgIpc) is 2.62. The summed E-state index contributed by atoms with van der Waals surface area (Å²) in [6.07, 6.45) is 12.4. The van der Waals surface area contributed by atoms with Crippen molar-refractivity contribution in [2.75, 3.05) is 25.0 Å². The third-order valence-electron chi connectivity index (χ3n) is 4.42. The molecule has 1 heterocycles. The van der Waals surface area contributed by atoms with Gasteiger partial charge in [0.2, 0.25) is 0 Å². The summed E-state index contributed by atoms with van der Waals surface area (Å²) in [5.74, 6) is 0.0395. The maximum absolute atomic E-state index is 12.5. The van der Waals surface area contributed by atoms with Gasteiger partial charge in [-0.3, -0.25) is 4.79 Å². The van der Waals surface area contributed by atoms with Crippen molar-refractivity contribution in [3.05, 3.63) is 35.7 Å². The highest BCUT2D eigenvalue weighted by Gasteiger charge is 2.15. The van der Waals surface area contributed by atoms with Crippen LogP contribution in [-0.2, 0) is 0 Å². The van der Waals surface area contributed by atoms with Gasteiger partial charge in [-0.1, -0.05) is 25.5 Å². The number of hydrogen-bond donors (Lipinski definition) is 1. The zero-order valence-electron chi connectivity index (χ0n) is 15.2. The quantitative estimate of drug-likeness (QED) is 0.671. The summed E-state index contributed by atoms with van der Waals surface area (Å²) in [6.45, 7) is 6.71. The van der Waals surface area contributed by atoms with E-state index in [-0.39, 0.29) is 5.91 Å². The van der Waals surface area contributed by atoms with Crippen molar-refractivity contribution in [1.82, 2.24) is 9.88 Å². The van der Waals surface area contributed by atoms with Crippen LogP contribution in [0.2, 0.25) is 0 Å². The van der Waals surface area contributed by atoms with Crippen LogP contribution in [0.4, 0.5) is 5.69 Å². The molecule has 0 unspecified atom stereocenters. The van der Waals surface area contributed by atoms with Gasteiger partial charge in [0.25, 0.3) is 5.91 Å². The van der Waals surface area contributed by atoms with E-state index < -0.39 is 0 Å². The molecule has 24 heavy (non-hydrogen) atoms. The number of anilines is 1. The van der Waals surface area contributed by atoms with Crippen molar-refractivity contribution in [2.45, 2.75) is 58.8 Å². The average molecular weight is 329 g/mol. The smallest absolute Gasteiger partial charge is 0.272 e. The molecule has 4 nitrogen and oxygen atoms in total. The van der Waals surface area contributed by atoms with Crippen molar-refractivity contribution < 1.29 is 4.79 Å². The summed E-state index contributed by atoms with van der Waals surface area (Å²) in [6, 6.07) is 3.80. The summed E-state index contributed by atoms with van der Waals surface area (Å²) in [7, 11) is 0. The van der Waals surface area contributed by atoms with Crippen molar-refractivity contribution in [3.63, 3.8) is 0 Å². The van der Waals surface area contributed by atoms with Gasteiger partial charge in [0.1, 0.15) is 5.69 Å². The molecule has 132 valence electrons. The zero-order chi connectivity index (χ0) is 17.2. The lowest BCUT2D eigenvalue weighted by atomic mass is 9.97. The molecule has 0 aliphatic heterocycles. The molecule has 1 amide bonds. The van der Waals surface area contributed by atoms with Crippen LogP contribution in [0.5, 0.6) is 0 Å². The van der Waals surface area contributed by atoms with E-state index in [4.69, 9.17) is 0 Å². The zero-order valence-corrected chi connectivity index (χ0v) is 15.2. The number of rotatable bonds is 9. The summed E-state index contributed by atoms with van der Waals surface area (Å²) in [4.78, 5) is 18.7. The summed E-state index contributed by atoms with van der Waals surface area (Å²) in [5, 5.41) is 3.41. The van der Waals surface area contributed by atoms with Gasteiger partial charge in [0.15, 0.2) is 0 Å². The summed E-state index contributed by atoms with van der Waals surface area (Å²) in [5.41, 5.74) is 3.10. The Hall–Kier alpha value is -1.84. The lowest BCUT2D eigenvalue weighted by Crippen LogP contribution is -2.33. The number of nitrogens with one attached hydrogen (secondary N) is 1. The molecule has 4 heteroatoms. The Balaban J connectivity index is 1.85. The van der Waals surface area contributed by atoms with Gasteiger partial charge < -0.3 is 10.2 Å². The molecule has 0 spiro atoms. The fraction of sp³-hybridized carbons (Fsp3) is 0.600. The van der Waals surface area contributed by atoms with Crippen molar-refractivity contribution >= 4 is 11.6 Å².